The summed E-state index contributed by atoms with van der Waals surface area (Å²) in [4.78, 5) is 12.7. The second-order valence-electron chi connectivity index (χ2n) is 4.32. The molecular weight excluding hydrogens is 336 g/mol. The number of carbonyl (C=O) groups excluding carboxylic acids is 1. The Bertz CT molecular complexity index is 621. The zero-order chi connectivity index (χ0) is 15.6. The fourth-order valence-corrected chi connectivity index (χ4v) is 2.89. The number of para-hydroxylation sites is 1. The molecule has 2 aromatic rings. The van der Waals surface area contributed by atoms with Crippen LogP contribution in [0.15, 0.2) is 41.0 Å². The van der Waals surface area contributed by atoms with Gasteiger partial charge in [0.25, 0.3) is 5.91 Å². The van der Waals surface area contributed by atoms with E-state index >= 15 is 0 Å². The van der Waals surface area contributed by atoms with Crippen LogP contribution in [-0.4, -0.2) is 9.83 Å². The van der Waals surface area contributed by atoms with Gasteiger partial charge in [0.2, 0.25) is 0 Å². The van der Waals surface area contributed by atoms with Gasteiger partial charge in [-0.3, -0.25) is 4.79 Å². The lowest BCUT2D eigenvalue weighted by molar-refractivity contribution is 0.100. The summed E-state index contributed by atoms with van der Waals surface area (Å²) in [6.45, 7) is 3.40. The minimum Gasteiger partial charge on any atom is -0.469 e. The zero-order valence-corrected chi connectivity index (χ0v) is 13.6. The predicted molar refractivity (Wildman–Crippen MR) is 84.6 cm³/mol. The van der Waals surface area contributed by atoms with Crippen molar-refractivity contribution in [2.75, 3.05) is 4.31 Å². The SMILES string of the molecule is Cc1coc(C)c1C(=O)N(SC(F)(Cl)Cl)c1ccccc1. The summed E-state index contributed by atoms with van der Waals surface area (Å²) in [5, 5.41) is 0. The fraction of sp³-hybridized carbons (Fsp3) is 0.214. The number of nitrogens with zero attached hydrogens (tertiary/aromatic N) is 1. The summed E-state index contributed by atoms with van der Waals surface area (Å²) in [5.74, 6) is 0.00547. The molecule has 0 saturated heterocycles. The highest BCUT2D eigenvalue weighted by molar-refractivity contribution is 8.05. The van der Waals surface area contributed by atoms with Crippen molar-refractivity contribution in [1.82, 2.24) is 0 Å². The van der Waals surface area contributed by atoms with Gasteiger partial charge < -0.3 is 4.42 Å². The van der Waals surface area contributed by atoms with E-state index in [4.69, 9.17) is 27.6 Å². The van der Waals surface area contributed by atoms with E-state index in [1.165, 1.54) is 6.26 Å². The Hall–Kier alpha value is -1.17. The van der Waals surface area contributed by atoms with Gasteiger partial charge in [-0.15, -0.1) is 0 Å². The molecule has 7 heteroatoms. The fourth-order valence-electron chi connectivity index (χ4n) is 1.87. The van der Waals surface area contributed by atoms with Crippen molar-refractivity contribution in [3.8, 4) is 0 Å². The van der Waals surface area contributed by atoms with Crippen LogP contribution in [0.5, 0.6) is 0 Å². The lowest BCUT2D eigenvalue weighted by Crippen LogP contribution is -2.28. The molecule has 0 saturated carbocycles. The number of amides is 1. The van der Waals surface area contributed by atoms with E-state index in [2.05, 4.69) is 0 Å². The van der Waals surface area contributed by atoms with E-state index in [9.17, 15) is 9.18 Å². The van der Waals surface area contributed by atoms with Crippen molar-refractivity contribution in [3.05, 3.63) is 53.5 Å². The normalized spacial score (nSPS) is 11.5. The van der Waals surface area contributed by atoms with Crippen molar-refractivity contribution in [3.63, 3.8) is 0 Å². The third kappa shape index (κ3) is 3.93. The van der Waals surface area contributed by atoms with E-state index in [-0.39, 0.29) is 0 Å². The number of halogens is 3. The van der Waals surface area contributed by atoms with E-state index in [0.717, 1.165) is 4.31 Å². The Morgan fingerprint density at radius 3 is 2.38 bits per heavy atom. The molecule has 0 aliphatic heterocycles. The van der Waals surface area contributed by atoms with Crippen molar-refractivity contribution >= 4 is 46.7 Å². The highest BCUT2D eigenvalue weighted by atomic mass is 35.5. The number of hydrogen-bond donors (Lipinski definition) is 0. The number of anilines is 1. The molecule has 0 unspecified atom stereocenters. The van der Waals surface area contributed by atoms with E-state index < -0.39 is 9.83 Å². The lowest BCUT2D eigenvalue weighted by Gasteiger charge is -2.24. The first-order valence-corrected chi connectivity index (χ1v) is 7.52. The number of carbonyl (C=O) groups is 1. The third-order valence-corrected chi connectivity index (χ3v) is 3.92. The monoisotopic (exact) mass is 347 g/mol. The standard InChI is InChI=1S/C14H12Cl2FNO2S/c1-9-8-20-10(2)12(9)13(19)18(21-14(15,16)17)11-6-4-3-5-7-11/h3-8H,1-2H3. The molecule has 1 aromatic carbocycles. The number of aryl methyl sites for hydroxylation is 2. The topological polar surface area (TPSA) is 33.5 Å². The summed E-state index contributed by atoms with van der Waals surface area (Å²) in [5.41, 5.74) is 1.49. The number of hydrogen-bond acceptors (Lipinski definition) is 3. The molecular formula is C14H12Cl2FNO2S. The van der Waals surface area contributed by atoms with Crippen LogP contribution >= 0.6 is 35.1 Å². The summed E-state index contributed by atoms with van der Waals surface area (Å²) >= 11 is 11.2. The molecule has 0 spiro atoms. The van der Waals surface area contributed by atoms with Gasteiger partial charge in [-0.25, -0.2) is 4.31 Å². The molecule has 3 nitrogen and oxygen atoms in total. The van der Waals surface area contributed by atoms with Gasteiger partial charge in [0.05, 0.1) is 17.5 Å². The molecule has 0 fully saturated rings. The second-order valence-corrected chi connectivity index (χ2v) is 7.12. The molecule has 0 atom stereocenters. The van der Waals surface area contributed by atoms with Crippen LogP contribution in [0.3, 0.4) is 0 Å². The van der Waals surface area contributed by atoms with Gasteiger partial charge in [0.15, 0.2) is 0 Å². The van der Waals surface area contributed by atoms with Gasteiger partial charge >= 0.3 is 3.92 Å². The average molecular weight is 348 g/mol. The first-order valence-electron chi connectivity index (χ1n) is 5.99. The molecule has 1 heterocycles. The van der Waals surface area contributed by atoms with E-state index in [1.54, 1.807) is 44.2 Å². The third-order valence-electron chi connectivity index (χ3n) is 2.74. The van der Waals surface area contributed by atoms with Crippen LogP contribution in [0, 0.1) is 13.8 Å². The minimum absolute atomic E-state index is 0.365. The number of alkyl halides is 3. The molecule has 21 heavy (non-hydrogen) atoms. The van der Waals surface area contributed by atoms with Crippen LogP contribution in [0.25, 0.3) is 0 Å². The van der Waals surface area contributed by atoms with Crippen molar-refractivity contribution in [1.29, 1.82) is 0 Å². The zero-order valence-electron chi connectivity index (χ0n) is 11.3. The summed E-state index contributed by atoms with van der Waals surface area (Å²) in [7, 11) is 0. The number of rotatable bonds is 4. The average Bonchev–Trinajstić information content (AvgIpc) is 2.75. The van der Waals surface area contributed by atoms with Crippen molar-refractivity contribution in [2.24, 2.45) is 0 Å². The molecule has 1 amide bonds. The molecule has 0 aliphatic carbocycles. The molecule has 0 bridgehead atoms. The van der Waals surface area contributed by atoms with Crippen LogP contribution in [0.1, 0.15) is 21.7 Å². The largest absolute Gasteiger partial charge is 0.469 e. The molecule has 0 N–H and O–H groups in total. The lowest BCUT2D eigenvalue weighted by atomic mass is 10.1. The maximum Gasteiger partial charge on any atom is 0.324 e. The summed E-state index contributed by atoms with van der Waals surface area (Å²) in [6.07, 6.45) is 1.47. The van der Waals surface area contributed by atoms with Crippen LogP contribution < -0.4 is 4.31 Å². The molecule has 2 rings (SSSR count). The van der Waals surface area contributed by atoms with E-state index in [1.807, 2.05) is 0 Å². The van der Waals surface area contributed by atoms with Crippen LogP contribution in [0.4, 0.5) is 10.1 Å². The van der Waals surface area contributed by atoms with Gasteiger partial charge in [-0.2, -0.15) is 4.39 Å². The van der Waals surface area contributed by atoms with Crippen LogP contribution in [-0.2, 0) is 0 Å². The molecule has 0 radical (unpaired) electrons. The molecule has 112 valence electrons. The smallest absolute Gasteiger partial charge is 0.324 e. The predicted octanol–water partition coefficient (Wildman–Crippen LogP) is 5.25. The number of benzene rings is 1. The van der Waals surface area contributed by atoms with Gasteiger partial charge in [-0.1, -0.05) is 41.4 Å². The Kier molecular flexibility index (Phi) is 4.86. The molecule has 0 aliphatic rings. The molecule has 1 aromatic heterocycles. The first kappa shape index (κ1) is 16.2. The second kappa shape index (κ2) is 6.30. The summed E-state index contributed by atoms with van der Waals surface area (Å²) in [6, 6.07) is 8.57. The number of furan rings is 1. The summed E-state index contributed by atoms with van der Waals surface area (Å²) < 4.78 is 17.3. The van der Waals surface area contributed by atoms with Gasteiger partial charge in [0, 0.05) is 17.5 Å². The Balaban J connectivity index is 2.43. The van der Waals surface area contributed by atoms with Crippen molar-refractivity contribution in [2.45, 2.75) is 17.8 Å². The van der Waals surface area contributed by atoms with E-state index in [0.29, 0.717) is 34.5 Å². The highest BCUT2D eigenvalue weighted by Gasteiger charge is 2.33. The maximum atomic E-state index is 13.6. The van der Waals surface area contributed by atoms with Gasteiger partial charge in [-0.05, 0) is 26.0 Å². The minimum atomic E-state index is -2.63. The van der Waals surface area contributed by atoms with Gasteiger partial charge in [0.1, 0.15) is 5.76 Å². The Labute approximate surface area is 136 Å². The highest BCUT2D eigenvalue weighted by Crippen LogP contribution is 2.41. The van der Waals surface area contributed by atoms with Crippen molar-refractivity contribution < 1.29 is 13.6 Å². The maximum absolute atomic E-state index is 13.6. The first-order chi connectivity index (χ1) is 9.79. The Morgan fingerprint density at radius 1 is 1.29 bits per heavy atom. The quantitative estimate of drug-likeness (QED) is 0.559. The Morgan fingerprint density at radius 2 is 1.90 bits per heavy atom. The van der Waals surface area contributed by atoms with Crippen LogP contribution in [0.2, 0.25) is 0 Å².